The Morgan fingerprint density at radius 3 is 2.71 bits per heavy atom. The molecule has 1 aromatic heterocycles. The van der Waals surface area contributed by atoms with Crippen molar-refractivity contribution in [3.63, 3.8) is 0 Å². The van der Waals surface area contributed by atoms with E-state index >= 15 is 0 Å². The number of piperidine rings is 1. The number of likely N-dealkylation sites (tertiary alicyclic amines) is 1. The van der Waals surface area contributed by atoms with Gasteiger partial charge < -0.3 is 16.0 Å². The minimum Gasteiger partial charge on any atom is -0.354 e. The van der Waals surface area contributed by atoms with Crippen LogP contribution in [0.25, 0.3) is 0 Å². The van der Waals surface area contributed by atoms with Gasteiger partial charge in [0.25, 0.3) is 5.91 Å². The lowest BCUT2D eigenvalue weighted by Gasteiger charge is -2.35. The van der Waals surface area contributed by atoms with Crippen molar-refractivity contribution >= 4 is 48.2 Å². The van der Waals surface area contributed by atoms with Gasteiger partial charge in [0.15, 0.2) is 0 Å². The lowest BCUT2D eigenvalue weighted by Crippen LogP contribution is -2.49. The third-order valence-corrected chi connectivity index (χ3v) is 3.96. The molecular formula is C15H23Cl3N4O2. The summed E-state index contributed by atoms with van der Waals surface area (Å²) in [4.78, 5) is 30.0. The zero-order valence-electron chi connectivity index (χ0n) is 13.2. The highest BCUT2D eigenvalue weighted by molar-refractivity contribution is 6.30. The fourth-order valence-electron chi connectivity index (χ4n) is 2.58. The molecule has 2 heterocycles. The first kappa shape index (κ1) is 22.9. The van der Waals surface area contributed by atoms with Gasteiger partial charge in [-0.3, -0.25) is 9.59 Å². The van der Waals surface area contributed by atoms with Crippen molar-refractivity contribution in [1.82, 2.24) is 15.2 Å². The Labute approximate surface area is 159 Å². The van der Waals surface area contributed by atoms with Crippen LogP contribution in [-0.4, -0.2) is 47.4 Å². The minimum absolute atomic E-state index is 0. The standard InChI is InChI=1S/C15H21ClN4O2.2ClH/c16-11-4-5-13(18-9-11)15(22)20-8-2-1-3-12(20)10-19-14(21)6-7-17;;/h4-5,9,12H,1-3,6-8,10,17H2,(H,19,21);2*1H. The molecule has 24 heavy (non-hydrogen) atoms. The zero-order valence-corrected chi connectivity index (χ0v) is 15.6. The summed E-state index contributed by atoms with van der Waals surface area (Å²) in [6.07, 6.45) is 4.67. The van der Waals surface area contributed by atoms with Crippen molar-refractivity contribution in [1.29, 1.82) is 0 Å². The van der Waals surface area contributed by atoms with Crippen molar-refractivity contribution in [2.75, 3.05) is 19.6 Å². The Hall–Kier alpha value is -1.08. The fraction of sp³-hybridized carbons (Fsp3) is 0.533. The molecule has 0 radical (unpaired) electrons. The summed E-state index contributed by atoms with van der Waals surface area (Å²) < 4.78 is 0. The van der Waals surface area contributed by atoms with Crippen molar-refractivity contribution in [2.45, 2.75) is 31.7 Å². The number of amides is 2. The summed E-state index contributed by atoms with van der Waals surface area (Å²) in [7, 11) is 0. The highest BCUT2D eigenvalue weighted by Crippen LogP contribution is 2.19. The molecule has 6 nitrogen and oxygen atoms in total. The van der Waals surface area contributed by atoms with Gasteiger partial charge >= 0.3 is 0 Å². The van der Waals surface area contributed by atoms with Crippen LogP contribution in [0.1, 0.15) is 36.2 Å². The van der Waals surface area contributed by atoms with E-state index in [-0.39, 0.29) is 42.7 Å². The van der Waals surface area contributed by atoms with E-state index in [2.05, 4.69) is 10.3 Å². The van der Waals surface area contributed by atoms with Crippen LogP contribution in [0.15, 0.2) is 18.3 Å². The molecule has 2 rings (SSSR count). The van der Waals surface area contributed by atoms with Gasteiger partial charge in [-0.05, 0) is 31.4 Å². The van der Waals surface area contributed by atoms with Gasteiger partial charge in [0, 0.05) is 38.3 Å². The Balaban J connectivity index is 0.00000264. The summed E-state index contributed by atoms with van der Waals surface area (Å²) >= 11 is 5.80. The second-order valence-corrected chi connectivity index (χ2v) is 5.79. The summed E-state index contributed by atoms with van der Waals surface area (Å²) in [5.74, 6) is -0.195. The molecule has 0 aliphatic carbocycles. The number of nitrogens with one attached hydrogen (secondary N) is 1. The molecule has 1 atom stereocenters. The predicted octanol–water partition coefficient (Wildman–Crippen LogP) is 2.04. The van der Waals surface area contributed by atoms with E-state index in [0.29, 0.717) is 36.8 Å². The number of carbonyl (C=O) groups excluding carboxylic acids is 2. The first-order chi connectivity index (χ1) is 10.6. The molecule has 0 spiro atoms. The smallest absolute Gasteiger partial charge is 0.272 e. The highest BCUT2D eigenvalue weighted by atomic mass is 35.5. The first-order valence-corrected chi connectivity index (χ1v) is 7.89. The topological polar surface area (TPSA) is 88.3 Å². The van der Waals surface area contributed by atoms with Gasteiger partial charge in [-0.15, -0.1) is 24.8 Å². The number of hydrogen-bond donors (Lipinski definition) is 2. The summed E-state index contributed by atoms with van der Waals surface area (Å²) in [5, 5.41) is 3.35. The van der Waals surface area contributed by atoms with E-state index in [4.69, 9.17) is 17.3 Å². The second kappa shape index (κ2) is 11.5. The normalized spacial score (nSPS) is 16.6. The Kier molecular flexibility index (Phi) is 11.0. The zero-order chi connectivity index (χ0) is 15.9. The average Bonchev–Trinajstić information content (AvgIpc) is 2.53. The van der Waals surface area contributed by atoms with E-state index in [9.17, 15) is 9.59 Å². The number of nitrogens with two attached hydrogens (primary N) is 1. The second-order valence-electron chi connectivity index (χ2n) is 5.35. The van der Waals surface area contributed by atoms with Crippen LogP contribution in [0.3, 0.4) is 0 Å². The van der Waals surface area contributed by atoms with Gasteiger partial charge in [-0.25, -0.2) is 4.98 Å². The predicted molar refractivity (Wildman–Crippen MR) is 99.1 cm³/mol. The van der Waals surface area contributed by atoms with Crippen molar-refractivity contribution in [2.24, 2.45) is 5.73 Å². The van der Waals surface area contributed by atoms with Crippen molar-refractivity contribution in [3.8, 4) is 0 Å². The molecule has 0 bridgehead atoms. The molecule has 136 valence electrons. The number of rotatable bonds is 5. The first-order valence-electron chi connectivity index (χ1n) is 7.51. The Bertz CT molecular complexity index is 528. The van der Waals surface area contributed by atoms with Crippen LogP contribution < -0.4 is 11.1 Å². The molecule has 0 aromatic carbocycles. The molecule has 1 aromatic rings. The van der Waals surface area contributed by atoms with Crippen molar-refractivity contribution in [3.05, 3.63) is 29.0 Å². The van der Waals surface area contributed by atoms with Crippen molar-refractivity contribution < 1.29 is 9.59 Å². The largest absolute Gasteiger partial charge is 0.354 e. The van der Waals surface area contributed by atoms with Gasteiger partial charge in [-0.2, -0.15) is 0 Å². The van der Waals surface area contributed by atoms with E-state index in [1.54, 1.807) is 17.0 Å². The summed E-state index contributed by atoms with van der Waals surface area (Å²) in [5.41, 5.74) is 5.74. The third kappa shape index (κ3) is 6.43. The molecule has 1 saturated heterocycles. The van der Waals surface area contributed by atoms with E-state index in [0.717, 1.165) is 19.3 Å². The minimum atomic E-state index is -0.116. The number of nitrogens with zero attached hydrogens (tertiary/aromatic N) is 2. The van der Waals surface area contributed by atoms with Crippen LogP contribution in [0.2, 0.25) is 5.02 Å². The molecule has 1 unspecified atom stereocenters. The number of hydrogen-bond acceptors (Lipinski definition) is 4. The molecular weight excluding hydrogens is 375 g/mol. The van der Waals surface area contributed by atoms with E-state index in [1.807, 2.05) is 0 Å². The SMILES string of the molecule is Cl.Cl.NCCC(=O)NCC1CCCCN1C(=O)c1ccc(Cl)cn1. The molecule has 3 N–H and O–H groups in total. The molecule has 0 saturated carbocycles. The van der Waals surface area contributed by atoms with Gasteiger partial charge in [-0.1, -0.05) is 11.6 Å². The summed E-state index contributed by atoms with van der Waals surface area (Å²) in [6, 6.07) is 3.29. The molecule has 9 heteroatoms. The van der Waals surface area contributed by atoms with Gasteiger partial charge in [0.2, 0.25) is 5.91 Å². The van der Waals surface area contributed by atoms with Crippen LogP contribution in [0.5, 0.6) is 0 Å². The van der Waals surface area contributed by atoms with Gasteiger partial charge in [0.05, 0.1) is 5.02 Å². The molecule has 2 amide bonds. The van der Waals surface area contributed by atoms with Crippen LogP contribution in [0.4, 0.5) is 0 Å². The fourth-order valence-corrected chi connectivity index (χ4v) is 2.69. The number of halogens is 3. The monoisotopic (exact) mass is 396 g/mol. The quantitative estimate of drug-likeness (QED) is 0.796. The van der Waals surface area contributed by atoms with Crippen LogP contribution >= 0.6 is 36.4 Å². The van der Waals surface area contributed by atoms with E-state index in [1.165, 1.54) is 6.20 Å². The Morgan fingerprint density at radius 2 is 2.08 bits per heavy atom. The number of carbonyl (C=O) groups is 2. The molecule has 1 aliphatic heterocycles. The number of aromatic nitrogens is 1. The maximum Gasteiger partial charge on any atom is 0.272 e. The van der Waals surface area contributed by atoms with Crippen LogP contribution in [0, 0.1) is 0 Å². The third-order valence-electron chi connectivity index (χ3n) is 3.74. The molecule has 1 fully saturated rings. The van der Waals surface area contributed by atoms with Gasteiger partial charge in [0.1, 0.15) is 5.69 Å². The maximum absolute atomic E-state index is 12.6. The lowest BCUT2D eigenvalue weighted by atomic mass is 10.0. The highest BCUT2D eigenvalue weighted by Gasteiger charge is 2.28. The summed E-state index contributed by atoms with van der Waals surface area (Å²) in [6.45, 7) is 1.46. The maximum atomic E-state index is 12.6. The average molecular weight is 398 g/mol. The van der Waals surface area contributed by atoms with Crippen LogP contribution in [-0.2, 0) is 4.79 Å². The lowest BCUT2D eigenvalue weighted by molar-refractivity contribution is -0.121. The Morgan fingerprint density at radius 1 is 1.33 bits per heavy atom. The number of pyridine rings is 1. The molecule has 1 aliphatic rings. The van der Waals surface area contributed by atoms with E-state index < -0.39 is 0 Å².